The molecule has 0 radical (unpaired) electrons. The minimum Gasteiger partial charge on any atom is -0.465 e. The molecule has 1 aromatic rings. The Balaban J connectivity index is 2.42. The molecule has 0 bridgehead atoms. The summed E-state index contributed by atoms with van der Waals surface area (Å²) in [5, 5.41) is 0.0733. The quantitative estimate of drug-likeness (QED) is 0.781. The van der Waals surface area contributed by atoms with Crippen LogP contribution in [0, 0.1) is 0 Å². The van der Waals surface area contributed by atoms with Crippen molar-refractivity contribution < 1.29 is 22.7 Å². The molecule has 1 aliphatic heterocycles. The second kappa shape index (κ2) is 6.09. The SMILES string of the molecule is COC(=O)c1ccc(Cl)c(S(=O)(=O)N2CCOCC2)c1. The number of benzene rings is 1. The fourth-order valence-corrected chi connectivity index (χ4v) is 3.78. The Bertz CT molecular complexity index is 610. The van der Waals surface area contributed by atoms with E-state index in [1.54, 1.807) is 0 Å². The number of morpholine rings is 1. The summed E-state index contributed by atoms with van der Waals surface area (Å²) in [7, 11) is -2.51. The number of hydrogen-bond acceptors (Lipinski definition) is 5. The van der Waals surface area contributed by atoms with E-state index in [-0.39, 0.29) is 28.6 Å². The van der Waals surface area contributed by atoms with Gasteiger partial charge in [-0.2, -0.15) is 4.31 Å². The number of sulfonamides is 1. The molecule has 8 heteroatoms. The highest BCUT2D eigenvalue weighted by molar-refractivity contribution is 7.89. The highest BCUT2D eigenvalue weighted by Gasteiger charge is 2.29. The van der Waals surface area contributed by atoms with E-state index >= 15 is 0 Å². The van der Waals surface area contributed by atoms with Gasteiger partial charge in [-0.05, 0) is 18.2 Å². The van der Waals surface area contributed by atoms with Crippen LogP contribution in [-0.4, -0.2) is 52.1 Å². The maximum atomic E-state index is 12.5. The zero-order valence-electron chi connectivity index (χ0n) is 10.8. The number of nitrogens with zero attached hydrogens (tertiary/aromatic N) is 1. The molecule has 0 N–H and O–H groups in total. The first-order valence-corrected chi connectivity index (χ1v) is 7.74. The third kappa shape index (κ3) is 2.95. The van der Waals surface area contributed by atoms with Gasteiger partial charge in [0, 0.05) is 13.1 Å². The summed E-state index contributed by atoms with van der Waals surface area (Å²) in [5.74, 6) is -0.611. The summed E-state index contributed by atoms with van der Waals surface area (Å²) in [6.45, 7) is 1.21. The predicted molar refractivity (Wildman–Crippen MR) is 72.4 cm³/mol. The minimum absolute atomic E-state index is 0.0733. The first-order valence-electron chi connectivity index (χ1n) is 5.92. The number of esters is 1. The predicted octanol–water partition coefficient (Wildman–Crippen LogP) is 1.15. The molecule has 110 valence electrons. The standard InChI is InChI=1S/C12H14ClNO5S/c1-18-12(15)9-2-3-10(13)11(8-9)20(16,17)14-4-6-19-7-5-14/h2-3,8H,4-7H2,1H3. The summed E-state index contributed by atoms with van der Waals surface area (Å²) in [6.07, 6.45) is 0. The Labute approximate surface area is 122 Å². The van der Waals surface area contributed by atoms with Crippen LogP contribution < -0.4 is 0 Å². The Morgan fingerprint density at radius 1 is 1.35 bits per heavy atom. The molecule has 0 aliphatic carbocycles. The van der Waals surface area contributed by atoms with Crippen molar-refractivity contribution in [2.75, 3.05) is 33.4 Å². The Hall–Kier alpha value is -1.15. The fraction of sp³-hybridized carbons (Fsp3) is 0.417. The van der Waals surface area contributed by atoms with Crippen LogP contribution in [0.15, 0.2) is 23.1 Å². The third-order valence-corrected chi connectivity index (χ3v) is 5.32. The molecule has 1 saturated heterocycles. The van der Waals surface area contributed by atoms with Crippen LogP contribution in [0.1, 0.15) is 10.4 Å². The van der Waals surface area contributed by atoms with E-state index in [1.165, 1.54) is 29.6 Å². The number of ether oxygens (including phenoxy) is 2. The number of rotatable bonds is 3. The van der Waals surface area contributed by atoms with Crippen molar-refractivity contribution in [2.24, 2.45) is 0 Å². The van der Waals surface area contributed by atoms with Gasteiger partial charge in [-0.15, -0.1) is 0 Å². The third-order valence-electron chi connectivity index (χ3n) is 2.94. The van der Waals surface area contributed by atoms with Crippen molar-refractivity contribution in [1.82, 2.24) is 4.31 Å². The summed E-state index contributed by atoms with van der Waals surface area (Å²) in [6, 6.07) is 4.03. The molecule has 0 unspecified atom stereocenters. The second-order valence-electron chi connectivity index (χ2n) is 4.15. The van der Waals surface area contributed by atoms with E-state index in [9.17, 15) is 13.2 Å². The van der Waals surface area contributed by atoms with E-state index < -0.39 is 16.0 Å². The van der Waals surface area contributed by atoms with Gasteiger partial charge >= 0.3 is 5.97 Å². The van der Waals surface area contributed by atoms with Gasteiger partial charge in [0.1, 0.15) is 4.90 Å². The molecule has 1 aliphatic rings. The van der Waals surface area contributed by atoms with Crippen molar-refractivity contribution >= 4 is 27.6 Å². The fourth-order valence-electron chi connectivity index (χ4n) is 1.87. The van der Waals surface area contributed by atoms with Crippen LogP contribution in [0.3, 0.4) is 0 Å². The van der Waals surface area contributed by atoms with E-state index in [2.05, 4.69) is 4.74 Å². The van der Waals surface area contributed by atoms with E-state index in [4.69, 9.17) is 16.3 Å². The van der Waals surface area contributed by atoms with Gasteiger partial charge in [0.15, 0.2) is 0 Å². The monoisotopic (exact) mass is 319 g/mol. The van der Waals surface area contributed by atoms with Crippen LogP contribution in [-0.2, 0) is 19.5 Å². The largest absolute Gasteiger partial charge is 0.465 e. The van der Waals surface area contributed by atoms with Gasteiger partial charge in [0.25, 0.3) is 0 Å². The molecule has 6 nitrogen and oxygen atoms in total. The maximum Gasteiger partial charge on any atom is 0.337 e. The molecule has 0 saturated carbocycles. The number of carbonyl (C=O) groups is 1. The van der Waals surface area contributed by atoms with Crippen molar-refractivity contribution in [1.29, 1.82) is 0 Å². The molecule has 20 heavy (non-hydrogen) atoms. The Morgan fingerprint density at radius 2 is 2.00 bits per heavy atom. The van der Waals surface area contributed by atoms with Crippen LogP contribution in [0.5, 0.6) is 0 Å². The maximum absolute atomic E-state index is 12.5. The lowest BCUT2D eigenvalue weighted by atomic mass is 10.2. The molecular weight excluding hydrogens is 306 g/mol. The lowest BCUT2D eigenvalue weighted by molar-refractivity contribution is 0.0600. The Morgan fingerprint density at radius 3 is 2.60 bits per heavy atom. The van der Waals surface area contributed by atoms with Crippen molar-refractivity contribution in [2.45, 2.75) is 4.90 Å². The van der Waals surface area contributed by atoms with E-state index in [0.29, 0.717) is 13.2 Å². The molecule has 2 rings (SSSR count). The van der Waals surface area contributed by atoms with Crippen LogP contribution in [0.4, 0.5) is 0 Å². The first-order chi connectivity index (χ1) is 9.46. The molecule has 0 spiro atoms. The van der Waals surface area contributed by atoms with Gasteiger partial charge in [0.2, 0.25) is 10.0 Å². The number of halogens is 1. The van der Waals surface area contributed by atoms with Crippen LogP contribution >= 0.6 is 11.6 Å². The van der Waals surface area contributed by atoms with E-state index in [1.807, 2.05) is 0 Å². The van der Waals surface area contributed by atoms with Gasteiger partial charge in [-0.25, -0.2) is 13.2 Å². The lowest BCUT2D eigenvalue weighted by Crippen LogP contribution is -2.40. The van der Waals surface area contributed by atoms with Gasteiger partial charge in [-0.3, -0.25) is 0 Å². The second-order valence-corrected chi connectivity index (χ2v) is 6.47. The average Bonchev–Trinajstić information content (AvgIpc) is 2.47. The van der Waals surface area contributed by atoms with Crippen molar-refractivity contribution in [3.63, 3.8) is 0 Å². The lowest BCUT2D eigenvalue weighted by Gasteiger charge is -2.26. The smallest absolute Gasteiger partial charge is 0.337 e. The molecule has 1 aromatic carbocycles. The summed E-state index contributed by atoms with van der Waals surface area (Å²) in [5.41, 5.74) is 0.142. The average molecular weight is 320 g/mol. The first kappa shape index (κ1) is 15.2. The zero-order valence-corrected chi connectivity index (χ0v) is 12.4. The Kier molecular flexibility index (Phi) is 4.64. The minimum atomic E-state index is -3.74. The highest BCUT2D eigenvalue weighted by Crippen LogP contribution is 2.26. The number of carbonyl (C=O) groups excluding carboxylic acids is 1. The molecule has 1 heterocycles. The van der Waals surface area contributed by atoms with Crippen molar-refractivity contribution in [3.8, 4) is 0 Å². The summed E-state index contributed by atoms with van der Waals surface area (Å²) >= 11 is 5.96. The number of methoxy groups -OCH3 is 1. The van der Waals surface area contributed by atoms with Gasteiger partial charge in [0.05, 0.1) is 30.9 Å². The topological polar surface area (TPSA) is 72.9 Å². The molecular formula is C12H14ClNO5S. The molecule has 0 aromatic heterocycles. The summed E-state index contributed by atoms with van der Waals surface area (Å²) < 4.78 is 36.0. The number of hydrogen-bond donors (Lipinski definition) is 0. The normalized spacial score (nSPS) is 16.9. The zero-order chi connectivity index (χ0) is 14.8. The van der Waals surface area contributed by atoms with Crippen LogP contribution in [0.2, 0.25) is 5.02 Å². The molecule has 0 atom stereocenters. The summed E-state index contributed by atoms with van der Waals surface area (Å²) in [4.78, 5) is 11.4. The van der Waals surface area contributed by atoms with Gasteiger partial charge < -0.3 is 9.47 Å². The van der Waals surface area contributed by atoms with Crippen LogP contribution in [0.25, 0.3) is 0 Å². The van der Waals surface area contributed by atoms with E-state index in [0.717, 1.165) is 0 Å². The molecule has 0 amide bonds. The highest BCUT2D eigenvalue weighted by atomic mass is 35.5. The van der Waals surface area contributed by atoms with Gasteiger partial charge in [-0.1, -0.05) is 11.6 Å². The van der Waals surface area contributed by atoms with Crippen molar-refractivity contribution in [3.05, 3.63) is 28.8 Å². The molecule has 1 fully saturated rings.